The molecule has 0 aromatic carbocycles. The van der Waals surface area contributed by atoms with E-state index in [4.69, 9.17) is 4.79 Å². The Kier molecular flexibility index (Phi) is 27.3. The Balaban J connectivity index is -0.0000000910. The number of unbranched alkanes of at least 4 members (excludes halogenated alkanes) is 2. The molecule has 0 aliphatic rings. The van der Waals surface area contributed by atoms with Gasteiger partial charge in [0.05, 0.1) is 5.91 Å². The van der Waals surface area contributed by atoms with E-state index in [1.54, 1.807) is 0 Å². The number of carbonyl (C=O) groups is 1. The standard InChI is InChI=1S/C5H11.C2H4NO.Y/c1-3-5-4-2;1-2(3)4;/h1,3-5H2,2H3;1H2,(H2,3,4);/q2*-1;. The molecule has 0 bridgehead atoms. The minimum atomic E-state index is -0.583. The molecule has 10 heavy (non-hydrogen) atoms. The molecule has 0 fully saturated rings. The van der Waals surface area contributed by atoms with Crippen LogP contribution in [0.15, 0.2) is 0 Å². The normalized spacial score (nSPS) is 6.60. The van der Waals surface area contributed by atoms with E-state index >= 15 is 0 Å². The Bertz CT molecular complexity index is 60.6. The topological polar surface area (TPSA) is 43.1 Å². The molecule has 0 aromatic heterocycles. The number of primary amides is 1. The Labute approximate surface area is 88.8 Å². The molecule has 0 spiro atoms. The number of rotatable bonds is 2. The van der Waals surface area contributed by atoms with Gasteiger partial charge in [-0.3, -0.25) is 0 Å². The third-order valence-corrected chi connectivity index (χ3v) is 0.604. The van der Waals surface area contributed by atoms with Crippen LogP contribution in [-0.4, -0.2) is 5.91 Å². The Morgan fingerprint density at radius 2 is 1.90 bits per heavy atom. The summed E-state index contributed by atoms with van der Waals surface area (Å²) in [5.74, 6) is -0.583. The molecular formula is C7H15NOY-2. The van der Waals surface area contributed by atoms with E-state index in [1.165, 1.54) is 12.8 Å². The summed E-state index contributed by atoms with van der Waals surface area (Å²) in [6.45, 7) is 8.62. The number of hydrogen-bond donors (Lipinski definition) is 1. The number of nitrogens with two attached hydrogens (primary N) is 1. The first-order valence-electron chi connectivity index (χ1n) is 3.05. The van der Waals surface area contributed by atoms with Crippen molar-refractivity contribution in [2.24, 2.45) is 5.73 Å². The van der Waals surface area contributed by atoms with Crippen molar-refractivity contribution in [1.29, 1.82) is 0 Å². The van der Waals surface area contributed by atoms with Gasteiger partial charge in [-0.1, -0.05) is 19.8 Å². The summed E-state index contributed by atoms with van der Waals surface area (Å²) >= 11 is 0. The van der Waals surface area contributed by atoms with Gasteiger partial charge < -0.3 is 24.4 Å². The van der Waals surface area contributed by atoms with Crippen molar-refractivity contribution in [2.45, 2.75) is 26.2 Å². The van der Waals surface area contributed by atoms with Crippen molar-refractivity contribution in [3.05, 3.63) is 13.8 Å². The molecule has 2 nitrogen and oxygen atoms in total. The van der Waals surface area contributed by atoms with Gasteiger partial charge >= 0.3 is 0 Å². The molecule has 0 saturated heterocycles. The predicted molar refractivity (Wildman–Crippen MR) is 39.4 cm³/mol. The summed E-state index contributed by atoms with van der Waals surface area (Å²) in [6.07, 6.45) is 3.65. The van der Waals surface area contributed by atoms with E-state index in [9.17, 15) is 0 Å². The molecule has 0 rings (SSSR count). The zero-order valence-corrected chi connectivity index (χ0v) is 9.44. The average molecular weight is 218 g/mol. The molecule has 2 N–H and O–H groups in total. The molecule has 0 aromatic rings. The van der Waals surface area contributed by atoms with Gasteiger partial charge in [0.25, 0.3) is 0 Å². The van der Waals surface area contributed by atoms with Crippen LogP contribution in [-0.2, 0) is 37.5 Å². The van der Waals surface area contributed by atoms with Crippen molar-refractivity contribution in [3.63, 3.8) is 0 Å². The number of hydrogen-bond acceptors (Lipinski definition) is 1. The Morgan fingerprint density at radius 1 is 1.60 bits per heavy atom. The fraction of sp³-hybridized carbons (Fsp3) is 0.571. The monoisotopic (exact) mass is 218 g/mol. The van der Waals surface area contributed by atoms with Crippen molar-refractivity contribution in [2.75, 3.05) is 0 Å². The maximum atomic E-state index is 9.11. The smallest absolute Gasteiger partial charge is 0.0770 e. The predicted octanol–water partition coefficient (Wildman–Crippen LogP) is 1.31. The second-order valence-electron chi connectivity index (χ2n) is 1.67. The SMILES string of the molecule is [CH2-]C(N)=O.[CH2-]CCCC.[Y]. The van der Waals surface area contributed by atoms with Crippen LogP contribution >= 0.6 is 0 Å². The maximum Gasteiger partial charge on any atom is 0.0770 e. The maximum absolute atomic E-state index is 9.11. The molecule has 1 amide bonds. The minimum absolute atomic E-state index is 0. The van der Waals surface area contributed by atoms with Crippen LogP contribution in [0, 0.1) is 13.8 Å². The molecule has 0 aliphatic heterocycles. The van der Waals surface area contributed by atoms with Crippen LogP contribution in [0.4, 0.5) is 0 Å². The summed E-state index contributed by atoms with van der Waals surface area (Å²) in [5.41, 5.74) is 4.36. The number of amides is 1. The van der Waals surface area contributed by atoms with Crippen LogP contribution in [0.5, 0.6) is 0 Å². The third kappa shape index (κ3) is 78.3. The fourth-order valence-electron chi connectivity index (χ4n) is 0.250. The quantitative estimate of drug-likeness (QED) is 0.697. The van der Waals surface area contributed by atoms with E-state index in [0.717, 1.165) is 6.42 Å². The van der Waals surface area contributed by atoms with Crippen LogP contribution in [0.1, 0.15) is 26.2 Å². The number of carbonyl (C=O) groups excluding carboxylic acids is 1. The zero-order chi connectivity index (χ0) is 7.70. The molecule has 0 aliphatic carbocycles. The van der Waals surface area contributed by atoms with E-state index < -0.39 is 5.91 Å². The first-order valence-corrected chi connectivity index (χ1v) is 3.05. The van der Waals surface area contributed by atoms with Crippen LogP contribution in [0.3, 0.4) is 0 Å². The molecule has 3 heteroatoms. The van der Waals surface area contributed by atoms with Gasteiger partial charge in [0.1, 0.15) is 0 Å². The Morgan fingerprint density at radius 3 is 1.90 bits per heavy atom. The largest absolute Gasteiger partial charge is 0.395 e. The molecule has 0 atom stereocenters. The van der Waals surface area contributed by atoms with Gasteiger partial charge in [0.15, 0.2) is 0 Å². The van der Waals surface area contributed by atoms with E-state index in [-0.39, 0.29) is 32.7 Å². The zero-order valence-electron chi connectivity index (χ0n) is 6.60. The fourth-order valence-corrected chi connectivity index (χ4v) is 0.250. The van der Waals surface area contributed by atoms with Crippen molar-refractivity contribution < 1.29 is 37.5 Å². The van der Waals surface area contributed by atoms with E-state index in [0.29, 0.717) is 0 Å². The average Bonchev–Trinajstić information content (AvgIpc) is 1.66. The molecule has 0 unspecified atom stereocenters. The molecule has 0 saturated carbocycles. The van der Waals surface area contributed by atoms with Gasteiger partial charge in [-0.05, 0) is 0 Å². The molecule has 59 valence electrons. The Hall–Kier alpha value is 0.444. The van der Waals surface area contributed by atoms with Gasteiger partial charge in [0, 0.05) is 32.7 Å². The first kappa shape index (κ1) is 16.8. The summed E-state index contributed by atoms with van der Waals surface area (Å²) in [4.78, 5) is 9.11. The minimum Gasteiger partial charge on any atom is -0.395 e. The first-order chi connectivity index (χ1) is 4.15. The molecule has 0 heterocycles. The van der Waals surface area contributed by atoms with Crippen molar-refractivity contribution in [3.8, 4) is 0 Å². The summed E-state index contributed by atoms with van der Waals surface area (Å²) in [5, 5.41) is 0. The van der Waals surface area contributed by atoms with Crippen molar-refractivity contribution in [1.82, 2.24) is 0 Å². The van der Waals surface area contributed by atoms with Gasteiger partial charge in [-0.25, -0.2) is 0 Å². The third-order valence-electron chi connectivity index (χ3n) is 0.604. The van der Waals surface area contributed by atoms with Crippen LogP contribution in [0.2, 0.25) is 0 Å². The van der Waals surface area contributed by atoms with Gasteiger partial charge in [0.2, 0.25) is 0 Å². The second kappa shape index (κ2) is 16.2. The second-order valence-corrected chi connectivity index (χ2v) is 1.67. The van der Waals surface area contributed by atoms with E-state index in [2.05, 4.69) is 26.5 Å². The summed E-state index contributed by atoms with van der Waals surface area (Å²) < 4.78 is 0. The van der Waals surface area contributed by atoms with Gasteiger partial charge in [-0.15, -0.1) is 0 Å². The van der Waals surface area contributed by atoms with E-state index in [1.807, 2.05) is 0 Å². The van der Waals surface area contributed by atoms with Crippen LogP contribution < -0.4 is 5.73 Å². The van der Waals surface area contributed by atoms with Crippen LogP contribution in [0.25, 0.3) is 0 Å². The summed E-state index contributed by atoms with van der Waals surface area (Å²) in [6, 6.07) is 0. The van der Waals surface area contributed by atoms with Gasteiger partial charge in [-0.2, -0.15) is 6.42 Å². The molecular weight excluding hydrogens is 203 g/mol. The van der Waals surface area contributed by atoms with Crippen molar-refractivity contribution >= 4 is 5.91 Å². The molecule has 1 radical (unpaired) electrons. The summed E-state index contributed by atoms with van der Waals surface area (Å²) in [7, 11) is 0.